The van der Waals surface area contributed by atoms with Gasteiger partial charge >= 0.3 is 0 Å². The fourth-order valence-electron chi connectivity index (χ4n) is 9.29. The van der Waals surface area contributed by atoms with Gasteiger partial charge in [0.1, 0.15) is 0 Å². The van der Waals surface area contributed by atoms with E-state index in [4.69, 9.17) is 0 Å². The van der Waals surface area contributed by atoms with Crippen molar-refractivity contribution in [3.63, 3.8) is 0 Å². The average molecular weight is 728 g/mol. The zero-order chi connectivity index (χ0) is 36.7. The molecule has 0 aliphatic rings. The second-order valence-corrected chi connectivity index (χ2v) is 15.9. The van der Waals surface area contributed by atoms with Crippen molar-refractivity contribution < 1.29 is 0 Å². The first-order valence-corrected chi connectivity index (χ1v) is 20.1. The summed E-state index contributed by atoms with van der Waals surface area (Å²) in [5.74, 6) is 0. The lowest BCUT2D eigenvalue weighted by molar-refractivity contribution is 1.19. The van der Waals surface area contributed by atoms with Crippen molar-refractivity contribution in [1.29, 1.82) is 0 Å². The van der Waals surface area contributed by atoms with Gasteiger partial charge in [-0.3, -0.25) is 0 Å². The number of para-hydroxylation sites is 2. The molecule has 0 bridgehead atoms. The largest absolute Gasteiger partial charge is 0.309 e. The zero-order valence-electron chi connectivity index (χ0n) is 30.4. The van der Waals surface area contributed by atoms with Crippen molar-refractivity contribution in [3.05, 3.63) is 200 Å². The van der Waals surface area contributed by atoms with E-state index in [0.29, 0.717) is 0 Å². The van der Waals surface area contributed by atoms with Crippen LogP contribution in [0.2, 0.25) is 0 Å². The molecule has 0 unspecified atom stereocenters. The third-order valence-corrected chi connectivity index (χ3v) is 12.9. The standard InChI is InChI=1S/C54H33NS/c1-2-17-40(18-3-1)55-48-24-11-10-19-41(48)46-28-30-50-53(54(46)55)47-33-39(27-29-49(47)56-50)52-44-22-8-6-20-42(44)51(43-21-7-9-23-45(43)52)38-16-12-15-36(32-38)37-26-25-34-13-4-5-14-35(34)31-37/h1-33H. The number of rotatable bonds is 4. The molecule has 260 valence electrons. The Bertz CT molecular complexity index is 3470. The number of hydrogen-bond donors (Lipinski definition) is 0. The van der Waals surface area contributed by atoms with Gasteiger partial charge in [-0.25, -0.2) is 0 Å². The molecule has 0 aliphatic carbocycles. The maximum atomic E-state index is 2.47. The van der Waals surface area contributed by atoms with Gasteiger partial charge in [0.05, 0.1) is 11.0 Å². The summed E-state index contributed by atoms with van der Waals surface area (Å²) >= 11 is 1.89. The van der Waals surface area contributed by atoms with Gasteiger partial charge in [-0.1, -0.05) is 152 Å². The number of thiophene rings is 1. The van der Waals surface area contributed by atoms with Crippen LogP contribution in [0.4, 0.5) is 0 Å². The summed E-state index contributed by atoms with van der Waals surface area (Å²) in [5.41, 5.74) is 11.2. The van der Waals surface area contributed by atoms with Crippen LogP contribution in [0.1, 0.15) is 0 Å². The predicted octanol–water partition coefficient (Wildman–Crippen LogP) is 15.6. The molecule has 0 saturated carbocycles. The van der Waals surface area contributed by atoms with Crippen LogP contribution in [0.5, 0.6) is 0 Å². The van der Waals surface area contributed by atoms with Crippen LogP contribution >= 0.6 is 11.3 Å². The Balaban J connectivity index is 1.12. The Labute approximate surface area is 327 Å². The molecule has 0 amide bonds. The van der Waals surface area contributed by atoms with E-state index in [2.05, 4.69) is 205 Å². The van der Waals surface area contributed by atoms with Gasteiger partial charge < -0.3 is 4.57 Å². The van der Waals surface area contributed by atoms with Crippen molar-refractivity contribution in [2.24, 2.45) is 0 Å². The highest BCUT2D eigenvalue weighted by Crippen LogP contribution is 2.48. The summed E-state index contributed by atoms with van der Waals surface area (Å²) in [4.78, 5) is 0. The monoisotopic (exact) mass is 727 g/mol. The van der Waals surface area contributed by atoms with Crippen LogP contribution in [0.25, 0.3) is 113 Å². The van der Waals surface area contributed by atoms with Crippen molar-refractivity contribution in [1.82, 2.24) is 4.57 Å². The Morgan fingerprint density at radius 3 is 1.64 bits per heavy atom. The molecule has 0 radical (unpaired) electrons. The first kappa shape index (κ1) is 31.4. The number of benzene rings is 10. The molecule has 0 aliphatic heterocycles. The van der Waals surface area contributed by atoms with E-state index in [0.717, 1.165) is 0 Å². The van der Waals surface area contributed by atoms with Crippen molar-refractivity contribution in [3.8, 4) is 39.1 Å². The molecule has 0 spiro atoms. The second-order valence-electron chi connectivity index (χ2n) is 14.8. The molecule has 56 heavy (non-hydrogen) atoms. The normalized spacial score (nSPS) is 11.9. The molecule has 0 fully saturated rings. The molecule has 2 heteroatoms. The molecule has 10 aromatic carbocycles. The van der Waals surface area contributed by atoms with Crippen LogP contribution in [0, 0.1) is 0 Å². The summed E-state index contributed by atoms with van der Waals surface area (Å²) in [6.07, 6.45) is 0. The quantitative estimate of drug-likeness (QED) is 0.159. The van der Waals surface area contributed by atoms with E-state index < -0.39 is 0 Å². The topological polar surface area (TPSA) is 4.93 Å². The van der Waals surface area contributed by atoms with Crippen LogP contribution in [0.3, 0.4) is 0 Å². The average Bonchev–Trinajstić information content (AvgIpc) is 3.81. The van der Waals surface area contributed by atoms with Gasteiger partial charge in [-0.05, 0) is 114 Å². The molecule has 0 saturated heterocycles. The molecule has 2 heterocycles. The van der Waals surface area contributed by atoms with Crippen molar-refractivity contribution in [2.45, 2.75) is 0 Å². The van der Waals surface area contributed by atoms with Gasteiger partial charge in [-0.15, -0.1) is 11.3 Å². The van der Waals surface area contributed by atoms with E-state index in [1.165, 1.54) is 113 Å². The van der Waals surface area contributed by atoms with Gasteiger partial charge in [0.15, 0.2) is 0 Å². The minimum absolute atomic E-state index is 1.18. The third-order valence-electron chi connectivity index (χ3n) is 11.7. The molecule has 0 N–H and O–H groups in total. The van der Waals surface area contributed by atoms with Crippen molar-refractivity contribution in [2.75, 3.05) is 0 Å². The van der Waals surface area contributed by atoms with Crippen molar-refractivity contribution >= 4 is 85.6 Å². The number of aromatic nitrogens is 1. The van der Waals surface area contributed by atoms with Crippen LogP contribution in [-0.2, 0) is 0 Å². The lowest BCUT2D eigenvalue weighted by atomic mass is 9.85. The highest BCUT2D eigenvalue weighted by atomic mass is 32.1. The van der Waals surface area contributed by atoms with Gasteiger partial charge in [0.25, 0.3) is 0 Å². The number of nitrogens with zero attached hydrogens (tertiary/aromatic N) is 1. The minimum Gasteiger partial charge on any atom is -0.309 e. The lowest BCUT2D eigenvalue weighted by Crippen LogP contribution is -1.93. The van der Waals surface area contributed by atoms with Crippen LogP contribution < -0.4 is 0 Å². The fourth-order valence-corrected chi connectivity index (χ4v) is 10.4. The Hall–Kier alpha value is -7.00. The minimum atomic E-state index is 1.18. The van der Waals surface area contributed by atoms with E-state index in [-0.39, 0.29) is 0 Å². The molecule has 0 atom stereocenters. The summed E-state index contributed by atoms with van der Waals surface area (Å²) in [5, 5.41) is 12.8. The number of fused-ring (bicyclic) bond motifs is 10. The smallest absolute Gasteiger partial charge is 0.0634 e. The summed E-state index contributed by atoms with van der Waals surface area (Å²) in [6, 6.07) is 74.0. The zero-order valence-corrected chi connectivity index (χ0v) is 31.2. The molecular weight excluding hydrogens is 695 g/mol. The Morgan fingerprint density at radius 1 is 0.321 bits per heavy atom. The maximum Gasteiger partial charge on any atom is 0.0634 e. The molecule has 2 aromatic heterocycles. The highest BCUT2D eigenvalue weighted by Gasteiger charge is 2.21. The second kappa shape index (κ2) is 12.3. The van der Waals surface area contributed by atoms with Crippen LogP contribution in [-0.4, -0.2) is 4.57 Å². The number of hydrogen-bond acceptors (Lipinski definition) is 1. The maximum absolute atomic E-state index is 2.47. The van der Waals surface area contributed by atoms with E-state index >= 15 is 0 Å². The first-order chi connectivity index (χ1) is 27.8. The van der Waals surface area contributed by atoms with E-state index in [1.807, 2.05) is 11.3 Å². The summed E-state index contributed by atoms with van der Waals surface area (Å²) in [7, 11) is 0. The SMILES string of the molecule is c1ccc(-n2c3ccccc3c3ccc4sc5ccc(-c6c7ccccc7c(-c7cccc(-c8ccc9ccccc9c8)c7)c7ccccc67)cc5c4c32)cc1. The van der Waals surface area contributed by atoms with E-state index in [1.54, 1.807) is 0 Å². The highest BCUT2D eigenvalue weighted by molar-refractivity contribution is 7.26. The van der Waals surface area contributed by atoms with Gasteiger partial charge in [0.2, 0.25) is 0 Å². The molecule has 12 aromatic rings. The van der Waals surface area contributed by atoms with Crippen LogP contribution in [0.15, 0.2) is 200 Å². The molecular formula is C54H33NS. The lowest BCUT2D eigenvalue weighted by Gasteiger charge is -2.18. The molecule has 1 nitrogen and oxygen atoms in total. The Kier molecular flexibility index (Phi) is 6.87. The van der Waals surface area contributed by atoms with Gasteiger partial charge in [0, 0.05) is 36.6 Å². The predicted molar refractivity (Wildman–Crippen MR) is 242 cm³/mol. The first-order valence-electron chi connectivity index (χ1n) is 19.3. The summed E-state index contributed by atoms with van der Waals surface area (Å²) < 4.78 is 5.08. The van der Waals surface area contributed by atoms with E-state index in [9.17, 15) is 0 Å². The summed E-state index contributed by atoms with van der Waals surface area (Å²) in [6.45, 7) is 0. The van der Waals surface area contributed by atoms with Gasteiger partial charge in [-0.2, -0.15) is 0 Å². The Morgan fingerprint density at radius 2 is 0.893 bits per heavy atom. The molecule has 12 rings (SSSR count). The third kappa shape index (κ3) is 4.67. The fraction of sp³-hybridized carbons (Fsp3) is 0.